The van der Waals surface area contributed by atoms with Crippen molar-refractivity contribution >= 4 is 27.4 Å². The van der Waals surface area contributed by atoms with Crippen molar-refractivity contribution < 1.29 is 17.2 Å². The molecular formula is C19H25NO4S2. The maximum Gasteiger partial charge on any atom is 0.446 e. The maximum absolute atomic E-state index is 11.4. The lowest BCUT2D eigenvalue weighted by Crippen LogP contribution is -2.18. The Hall–Kier alpha value is -1.57. The van der Waals surface area contributed by atoms with E-state index in [1.54, 1.807) is 11.3 Å². The van der Waals surface area contributed by atoms with Gasteiger partial charge in [-0.15, -0.1) is 11.3 Å². The molecule has 7 heteroatoms. The second-order valence-corrected chi connectivity index (χ2v) is 8.76. The van der Waals surface area contributed by atoms with Crippen molar-refractivity contribution in [3.8, 4) is 5.75 Å². The summed E-state index contributed by atoms with van der Waals surface area (Å²) in [5.74, 6) is 0.142. The summed E-state index contributed by atoms with van der Waals surface area (Å²) in [6.07, 6.45) is 7.16. The predicted molar refractivity (Wildman–Crippen MR) is 105 cm³/mol. The number of rotatable bonds is 7. The Balaban J connectivity index is 2.11. The van der Waals surface area contributed by atoms with Crippen LogP contribution in [0.5, 0.6) is 5.75 Å². The Labute approximate surface area is 159 Å². The van der Waals surface area contributed by atoms with Gasteiger partial charge in [-0.25, -0.2) is 0 Å². The van der Waals surface area contributed by atoms with Crippen LogP contribution in [0.25, 0.3) is 0 Å². The third-order valence-electron chi connectivity index (χ3n) is 4.93. The van der Waals surface area contributed by atoms with Gasteiger partial charge in [-0.2, -0.15) is 8.42 Å². The number of thiophene rings is 1. The molecule has 1 heterocycles. The van der Waals surface area contributed by atoms with E-state index in [0.717, 1.165) is 62.5 Å². The number of nitrogen functional groups attached to an aromatic ring is 1. The molecule has 3 rings (SSSR count). The largest absolute Gasteiger partial charge is 0.446 e. The van der Waals surface area contributed by atoms with E-state index in [4.69, 9.17) is 9.92 Å². The van der Waals surface area contributed by atoms with Crippen LogP contribution in [0.1, 0.15) is 53.3 Å². The SMILES string of the molecule is CCCc1c(CCc2cccs2)c(N)c(OS(=O)(=O)O)c2c1CCCC2. The fourth-order valence-electron chi connectivity index (χ4n) is 3.87. The number of hydrogen-bond donors (Lipinski definition) is 2. The molecule has 3 N–H and O–H groups in total. The molecule has 0 radical (unpaired) electrons. The Bertz CT molecular complexity index is 874. The highest BCUT2D eigenvalue weighted by Gasteiger charge is 2.27. The van der Waals surface area contributed by atoms with Crippen LogP contribution in [0.4, 0.5) is 5.69 Å². The lowest BCUT2D eigenvalue weighted by atomic mass is 9.82. The Morgan fingerprint density at radius 1 is 1.15 bits per heavy atom. The molecule has 0 aliphatic heterocycles. The van der Waals surface area contributed by atoms with E-state index in [0.29, 0.717) is 5.69 Å². The fourth-order valence-corrected chi connectivity index (χ4v) is 4.98. The number of nitrogens with two attached hydrogens (primary N) is 1. The summed E-state index contributed by atoms with van der Waals surface area (Å²) in [5.41, 5.74) is 11.0. The summed E-state index contributed by atoms with van der Waals surface area (Å²) in [4.78, 5) is 1.27. The zero-order valence-corrected chi connectivity index (χ0v) is 16.6. The fraction of sp³-hybridized carbons (Fsp3) is 0.474. The molecule has 0 unspecified atom stereocenters. The molecule has 2 aromatic rings. The van der Waals surface area contributed by atoms with Crippen molar-refractivity contribution in [2.75, 3.05) is 5.73 Å². The average Bonchev–Trinajstić information content (AvgIpc) is 3.10. The van der Waals surface area contributed by atoms with Gasteiger partial charge in [-0.3, -0.25) is 4.55 Å². The van der Waals surface area contributed by atoms with Gasteiger partial charge < -0.3 is 9.92 Å². The molecule has 142 valence electrons. The van der Waals surface area contributed by atoms with Gasteiger partial charge in [0.15, 0.2) is 5.75 Å². The van der Waals surface area contributed by atoms with Crippen LogP contribution in [-0.2, 0) is 42.5 Å². The lowest BCUT2D eigenvalue weighted by Gasteiger charge is -2.26. The van der Waals surface area contributed by atoms with Gasteiger partial charge in [-0.1, -0.05) is 19.4 Å². The molecule has 0 amide bonds. The summed E-state index contributed by atoms with van der Waals surface area (Å²) in [6, 6.07) is 4.12. The molecule has 0 saturated heterocycles. The summed E-state index contributed by atoms with van der Waals surface area (Å²) in [6.45, 7) is 2.14. The van der Waals surface area contributed by atoms with Crippen molar-refractivity contribution in [1.29, 1.82) is 0 Å². The number of aryl methyl sites for hydroxylation is 1. The standard InChI is InChI=1S/C19H25NO4S2/c1-2-6-14-15-8-3-4-9-17(15)19(24-26(21,22)23)18(20)16(14)11-10-13-7-5-12-25-13/h5,7,12H,2-4,6,8-11,20H2,1H3,(H,21,22,23). The van der Waals surface area contributed by atoms with Crippen LogP contribution in [-0.4, -0.2) is 13.0 Å². The third kappa shape index (κ3) is 4.22. The van der Waals surface area contributed by atoms with Crippen LogP contribution in [0.15, 0.2) is 17.5 Å². The second-order valence-electron chi connectivity index (χ2n) is 6.70. The van der Waals surface area contributed by atoms with Crippen molar-refractivity contribution in [3.05, 3.63) is 44.6 Å². The Morgan fingerprint density at radius 2 is 1.88 bits per heavy atom. The molecule has 5 nitrogen and oxygen atoms in total. The maximum atomic E-state index is 11.4. The molecule has 1 aromatic heterocycles. The van der Waals surface area contributed by atoms with E-state index in [9.17, 15) is 13.0 Å². The first-order valence-corrected chi connectivity index (χ1v) is 11.3. The molecule has 1 aliphatic rings. The minimum absolute atomic E-state index is 0.142. The minimum atomic E-state index is -4.61. The van der Waals surface area contributed by atoms with Gasteiger partial charge in [0.05, 0.1) is 5.69 Å². The molecule has 0 spiro atoms. The molecule has 1 aromatic carbocycles. The minimum Gasteiger partial charge on any atom is -0.395 e. The molecule has 26 heavy (non-hydrogen) atoms. The van der Waals surface area contributed by atoms with Crippen molar-refractivity contribution in [2.24, 2.45) is 0 Å². The zero-order chi connectivity index (χ0) is 18.7. The van der Waals surface area contributed by atoms with Gasteiger partial charge in [-0.05, 0) is 73.1 Å². The number of anilines is 1. The van der Waals surface area contributed by atoms with Gasteiger partial charge in [0.25, 0.3) is 0 Å². The van der Waals surface area contributed by atoms with E-state index >= 15 is 0 Å². The predicted octanol–water partition coefficient (Wildman–Crippen LogP) is 4.13. The van der Waals surface area contributed by atoms with Crippen molar-refractivity contribution in [3.63, 3.8) is 0 Å². The number of fused-ring (bicyclic) bond motifs is 1. The molecule has 1 aliphatic carbocycles. The topological polar surface area (TPSA) is 89.6 Å². The normalized spacial score (nSPS) is 14.2. The van der Waals surface area contributed by atoms with Crippen LogP contribution in [0.2, 0.25) is 0 Å². The average molecular weight is 396 g/mol. The smallest absolute Gasteiger partial charge is 0.395 e. The third-order valence-corrected chi connectivity index (χ3v) is 6.24. The van der Waals surface area contributed by atoms with Gasteiger partial charge in [0, 0.05) is 10.4 Å². The zero-order valence-electron chi connectivity index (χ0n) is 15.0. The van der Waals surface area contributed by atoms with E-state index in [2.05, 4.69) is 13.0 Å². The molecule has 0 atom stereocenters. The van der Waals surface area contributed by atoms with E-state index in [1.807, 2.05) is 11.4 Å². The van der Waals surface area contributed by atoms with E-state index in [1.165, 1.54) is 16.0 Å². The first-order chi connectivity index (χ1) is 12.4. The van der Waals surface area contributed by atoms with Crippen LogP contribution < -0.4 is 9.92 Å². The Morgan fingerprint density at radius 3 is 2.50 bits per heavy atom. The lowest BCUT2D eigenvalue weighted by molar-refractivity contribution is 0.384. The van der Waals surface area contributed by atoms with Crippen LogP contribution in [0, 0.1) is 0 Å². The highest BCUT2D eigenvalue weighted by Crippen LogP contribution is 2.42. The molecule has 0 bridgehead atoms. The monoisotopic (exact) mass is 395 g/mol. The first-order valence-electron chi connectivity index (χ1n) is 9.05. The van der Waals surface area contributed by atoms with Crippen LogP contribution >= 0.6 is 11.3 Å². The summed E-state index contributed by atoms with van der Waals surface area (Å²) >= 11 is 1.70. The molecular weight excluding hydrogens is 370 g/mol. The quantitative estimate of drug-likeness (QED) is 0.543. The summed E-state index contributed by atoms with van der Waals surface area (Å²) < 4.78 is 37.0. The van der Waals surface area contributed by atoms with Gasteiger partial charge in [0.1, 0.15) is 0 Å². The highest BCUT2D eigenvalue weighted by atomic mass is 32.3. The second kappa shape index (κ2) is 7.98. The Kier molecular flexibility index (Phi) is 5.89. The number of hydrogen-bond acceptors (Lipinski definition) is 5. The van der Waals surface area contributed by atoms with Crippen LogP contribution in [0.3, 0.4) is 0 Å². The highest BCUT2D eigenvalue weighted by molar-refractivity contribution is 7.81. The van der Waals surface area contributed by atoms with Gasteiger partial charge in [0.2, 0.25) is 0 Å². The summed E-state index contributed by atoms with van der Waals surface area (Å²) in [7, 11) is -4.61. The van der Waals surface area contributed by atoms with Crippen molar-refractivity contribution in [1.82, 2.24) is 0 Å². The number of benzene rings is 1. The molecule has 0 fully saturated rings. The van der Waals surface area contributed by atoms with Gasteiger partial charge >= 0.3 is 10.4 Å². The molecule has 0 saturated carbocycles. The van der Waals surface area contributed by atoms with E-state index in [-0.39, 0.29) is 5.75 Å². The summed E-state index contributed by atoms with van der Waals surface area (Å²) in [5, 5.41) is 2.05. The van der Waals surface area contributed by atoms with E-state index < -0.39 is 10.4 Å². The first kappa shape index (κ1) is 19.2. The van der Waals surface area contributed by atoms with Crippen molar-refractivity contribution in [2.45, 2.75) is 58.3 Å².